The summed E-state index contributed by atoms with van der Waals surface area (Å²) >= 11 is 0. The van der Waals surface area contributed by atoms with E-state index < -0.39 is 0 Å². The third-order valence-corrected chi connectivity index (χ3v) is 4.01. The van der Waals surface area contributed by atoms with Crippen molar-refractivity contribution >= 4 is 0 Å². The number of benzene rings is 2. The molecule has 0 aromatic heterocycles. The molecule has 2 aromatic carbocycles. The predicted molar refractivity (Wildman–Crippen MR) is 82.0 cm³/mol. The van der Waals surface area contributed by atoms with Crippen LogP contribution in [0, 0.1) is 5.82 Å². The van der Waals surface area contributed by atoms with Crippen LogP contribution >= 0.6 is 0 Å². The molecule has 0 bridgehead atoms. The van der Waals surface area contributed by atoms with E-state index in [-0.39, 0.29) is 5.82 Å². The van der Waals surface area contributed by atoms with Gasteiger partial charge in [-0.2, -0.15) is 0 Å². The largest absolute Gasteiger partial charge is 0.489 e. The summed E-state index contributed by atoms with van der Waals surface area (Å²) in [6.07, 6.45) is 2.41. The van der Waals surface area contributed by atoms with E-state index in [4.69, 9.17) is 4.74 Å². The van der Waals surface area contributed by atoms with Crippen molar-refractivity contribution in [2.75, 3.05) is 13.1 Å². The van der Waals surface area contributed by atoms with Gasteiger partial charge in [0.15, 0.2) is 0 Å². The Morgan fingerprint density at radius 2 is 1.62 bits per heavy atom. The van der Waals surface area contributed by atoms with Gasteiger partial charge < -0.3 is 10.1 Å². The second-order valence-electron chi connectivity index (χ2n) is 5.51. The third-order valence-electron chi connectivity index (χ3n) is 4.01. The van der Waals surface area contributed by atoms with E-state index in [1.165, 1.54) is 30.5 Å². The Bertz CT molecular complexity index is 559. The lowest BCUT2D eigenvalue weighted by molar-refractivity contribution is 0.306. The Morgan fingerprint density at radius 1 is 0.952 bits per heavy atom. The topological polar surface area (TPSA) is 21.3 Å². The summed E-state index contributed by atoms with van der Waals surface area (Å²) in [6.45, 7) is 2.67. The normalized spacial score (nSPS) is 15.9. The van der Waals surface area contributed by atoms with Crippen LogP contribution in [0.3, 0.4) is 0 Å². The van der Waals surface area contributed by atoms with Crippen LogP contribution in [0.1, 0.15) is 29.9 Å². The number of rotatable bonds is 4. The Morgan fingerprint density at radius 3 is 2.29 bits per heavy atom. The molecular weight excluding hydrogens is 265 g/mol. The van der Waals surface area contributed by atoms with Gasteiger partial charge in [-0.15, -0.1) is 0 Å². The minimum absolute atomic E-state index is 0.218. The third kappa shape index (κ3) is 3.82. The highest BCUT2D eigenvalue weighted by Gasteiger charge is 2.14. The summed E-state index contributed by atoms with van der Waals surface area (Å²) in [4.78, 5) is 0. The summed E-state index contributed by atoms with van der Waals surface area (Å²) < 4.78 is 18.6. The monoisotopic (exact) mass is 285 g/mol. The molecule has 3 heteroatoms. The van der Waals surface area contributed by atoms with Crippen LogP contribution in [-0.2, 0) is 6.61 Å². The highest BCUT2D eigenvalue weighted by atomic mass is 19.1. The zero-order valence-corrected chi connectivity index (χ0v) is 12.0. The van der Waals surface area contributed by atoms with Gasteiger partial charge in [-0.25, -0.2) is 4.39 Å². The van der Waals surface area contributed by atoms with Crippen molar-refractivity contribution in [3.8, 4) is 5.75 Å². The second kappa shape index (κ2) is 6.72. The number of nitrogens with one attached hydrogen (secondary N) is 1. The summed E-state index contributed by atoms with van der Waals surface area (Å²) in [5, 5.41) is 3.39. The maximum absolute atomic E-state index is 12.8. The van der Waals surface area contributed by atoms with Gasteiger partial charge in [0.2, 0.25) is 0 Å². The fourth-order valence-corrected chi connectivity index (χ4v) is 2.74. The van der Waals surface area contributed by atoms with Gasteiger partial charge in [0.25, 0.3) is 0 Å². The van der Waals surface area contributed by atoms with Crippen molar-refractivity contribution in [3.05, 3.63) is 65.5 Å². The van der Waals surface area contributed by atoms with Crippen molar-refractivity contribution in [3.63, 3.8) is 0 Å². The van der Waals surface area contributed by atoms with E-state index in [0.717, 1.165) is 24.4 Å². The van der Waals surface area contributed by atoms with Gasteiger partial charge in [0.1, 0.15) is 18.2 Å². The summed E-state index contributed by atoms with van der Waals surface area (Å²) in [6, 6.07) is 14.8. The maximum atomic E-state index is 12.8. The molecule has 21 heavy (non-hydrogen) atoms. The van der Waals surface area contributed by atoms with Crippen LogP contribution in [0.2, 0.25) is 0 Å². The quantitative estimate of drug-likeness (QED) is 0.920. The molecule has 2 nitrogen and oxygen atoms in total. The lowest BCUT2D eigenvalue weighted by Gasteiger charge is -2.23. The smallest absolute Gasteiger partial charge is 0.123 e. The Kier molecular flexibility index (Phi) is 4.51. The zero-order valence-electron chi connectivity index (χ0n) is 12.0. The molecule has 1 aliphatic rings. The molecule has 0 saturated carbocycles. The summed E-state index contributed by atoms with van der Waals surface area (Å²) in [5.41, 5.74) is 2.37. The molecule has 0 atom stereocenters. The fourth-order valence-electron chi connectivity index (χ4n) is 2.74. The first-order chi connectivity index (χ1) is 10.3. The predicted octanol–water partition coefficient (Wildman–Crippen LogP) is 3.87. The van der Waals surface area contributed by atoms with Gasteiger partial charge in [-0.05, 0) is 67.2 Å². The van der Waals surface area contributed by atoms with E-state index in [2.05, 4.69) is 17.4 Å². The molecule has 1 saturated heterocycles. The molecule has 1 heterocycles. The first-order valence-corrected chi connectivity index (χ1v) is 7.49. The molecular formula is C18H20FNO. The standard InChI is InChI=1S/C18H20FNO/c19-17-5-1-14(2-6-17)13-21-18-7-3-15(4-8-18)16-9-11-20-12-10-16/h1-8,16,20H,9-13H2. The van der Waals surface area contributed by atoms with Gasteiger partial charge in [0, 0.05) is 0 Å². The van der Waals surface area contributed by atoms with Crippen LogP contribution in [0.4, 0.5) is 4.39 Å². The van der Waals surface area contributed by atoms with Crippen LogP contribution in [0.5, 0.6) is 5.75 Å². The van der Waals surface area contributed by atoms with Crippen LogP contribution in [0.15, 0.2) is 48.5 Å². The average Bonchev–Trinajstić information content (AvgIpc) is 2.56. The van der Waals surface area contributed by atoms with Crippen LogP contribution in [0.25, 0.3) is 0 Å². The number of ether oxygens (including phenoxy) is 1. The van der Waals surface area contributed by atoms with Crippen LogP contribution in [-0.4, -0.2) is 13.1 Å². The van der Waals surface area contributed by atoms with Gasteiger partial charge in [0.05, 0.1) is 0 Å². The lowest BCUT2D eigenvalue weighted by atomic mass is 9.90. The van der Waals surface area contributed by atoms with Gasteiger partial charge in [-0.1, -0.05) is 24.3 Å². The van der Waals surface area contributed by atoms with Crippen molar-refractivity contribution in [1.29, 1.82) is 0 Å². The molecule has 0 amide bonds. The molecule has 110 valence electrons. The van der Waals surface area contributed by atoms with E-state index in [1.807, 2.05) is 12.1 Å². The molecule has 2 aromatic rings. The fraction of sp³-hybridized carbons (Fsp3) is 0.333. The van der Waals surface area contributed by atoms with Gasteiger partial charge in [-0.3, -0.25) is 0 Å². The van der Waals surface area contributed by atoms with Crippen molar-refractivity contribution in [2.45, 2.75) is 25.4 Å². The molecule has 0 unspecified atom stereocenters. The SMILES string of the molecule is Fc1ccc(COc2ccc(C3CCNCC3)cc2)cc1. The molecule has 0 radical (unpaired) electrons. The maximum Gasteiger partial charge on any atom is 0.123 e. The average molecular weight is 285 g/mol. The Hall–Kier alpha value is -1.87. The Labute approximate surface area is 125 Å². The summed E-state index contributed by atoms with van der Waals surface area (Å²) in [5.74, 6) is 1.31. The molecule has 1 N–H and O–H groups in total. The lowest BCUT2D eigenvalue weighted by Crippen LogP contribution is -2.26. The zero-order chi connectivity index (χ0) is 14.5. The van der Waals surface area contributed by atoms with Crippen LogP contribution < -0.4 is 10.1 Å². The van der Waals surface area contributed by atoms with Crippen molar-refractivity contribution < 1.29 is 9.13 Å². The van der Waals surface area contributed by atoms with Gasteiger partial charge >= 0.3 is 0 Å². The highest BCUT2D eigenvalue weighted by molar-refractivity contribution is 5.30. The van der Waals surface area contributed by atoms with E-state index in [1.54, 1.807) is 12.1 Å². The van der Waals surface area contributed by atoms with Crippen molar-refractivity contribution in [2.24, 2.45) is 0 Å². The number of hydrogen-bond donors (Lipinski definition) is 1. The molecule has 1 fully saturated rings. The van der Waals surface area contributed by atoms with E-state index in [0.29, 0.717) is 12.5 Å². The minimum atomic E-state index is -0.218. The van der Waals surface area contributed by atoms with E-state index >= 15 is 0 Å². The highest BCUT2D eigenvalue weighted by Crippen LogP contribution is 2.26. The second-order valence-corrected chi connectivity index (χ2v) is 5.51. The molecule has 3 rings (SSSR count). The number of halogens is 1. The number of piperidine rings is 1. The molecule has 1 aliphatic heterocycles. The molecule has 0 spiro atoms. The molecule has 0 aliphatic carbocycles. The van der Waals surface area contributed by atoms with E-state index in [9.17, 15) is 4.39 Å². The summed E-state index contributed by atoms with van der Waals surface area (Å²) in [7, 11) is 0. The Balaban J connectivity index is 1.57. The minimum Gasteiger partial charge on any atom is -0.489 e. The van der Waals surface area contributed by atoms with Crippen molar-refractivity contribution in [1.82, 2.24) is 5.32 Å². The first-order valence-electron chi connectivity index (χ1n) is 7.49. The first kappa shape index (κ1) is 14.1. The number of hydrogen-bond acceptors (Lipinski definition) is 2.